The molecule has 21 heavy (non-hydrogen) atoms. The highest BCUT2D eigenvalue weighted by atomic mass is 32.2. The summed E-state index contributed by atoms with van der Waals surface area (Å²) in [5.74, 6) is 0.0882. The zero-order valence-electron chi connectivity index (χ0n) is 12.3. The van der Waals surface area contributed by atoms with Gasteiger partial charge in [-0.3, -0.25) is 0 Å². The van der Waals surface area contributed by atoms with Gasteiger partial charge in [-0.25, -0.2) is 21.1 Å². The van der Waals surface area contributed by atoms with Gasteiger partial charge in [-0.05, 0) is 18.2 Å². The zero-order chi connectivity index (χ0) is 16.3. The van der Waals surface area contributed by atoms with Gasteiger partial charge in [-0.2, -0.15) is 0 Å². The molecule has 1 rings (SSSR count). The van der Waals surface area contributed by atoms with Gasteiger partial charge in [0.05, 0.1) is 22.0 Å². The van der Waals surface area contributed by atoms with E-state index < -0.39 is 19.9 Å². The van der Waals surface area contributed by atoms with Crippen molar-refractivity contribution >= 4 is 31.2 Å². The number of anilines is 2. The normalized spacial score (nSPS) is 12.6. The fourth-order valence-electron chi connectivity index (χ4n) is 1.56. The molecule has 1 aromatic rings. The molecule has 0 heterocycles. The van der Waals surface area contributed by atoms with Gasteiger partial charge in [0.1, 0.15) is 0 Å². The molecule has 0 aliphatic heterocycles. The molecule has 0 saturated heterocycles. The Bertz CT molecular complexity index is 697. The van der Waals surface area contributed by atoms with Crippen LogP contribution in [0.4, 0.5) is 11.4 Å². The van der Waals surface area contributed by atoms with E-state index >= 15 is 0 Å². The lowest BCUT2D eigenvalue weighted by Crippen LogP contribution is -2.22. The van der Waals surface area contributed by atoms with Crippen LogP contribution in [0.25, 0.3) is 0 Å². The molecule has 0 aliphatic carbocycles. The number of hydrogen-bond acceptors (Lipinski definition) is 6. The van der Waals surface area contributed by atoms with Gasteiger partial charge in [0, 0.05) is 26.4 Å². The highest BCUT2D eigenvalue weighted by molar-refractivity contribution is 7.91. The number of rotatable bonds is 7. The van der Waals surface area contributed by atoms with Crippen molar-refractivity contribution in [3.63, 3.8) is 0 Å². The van der Waals surface area contributed by atoms with E-state index in [4.69, 9.17) is 5.73 Å². The lowest BCUT2D eigenvalue weighted by molar-refractivity contribution is 0.521. The van der Waals surface area contributed by atoms with E-state index in [1.165, 1.54) is 32.3 Å². The number of hydrogen-bond donors (Lipinski definition) is 2. The predicted molar refractivity (Wildman–Crippen MR) is 84.5 cm³/mol. The minimum Gasteiger partial charge on any atom is -0.397 e. The second-order valence-electron chi connectivity index (χ2n) is 4.70. The molecular formula is C12H21N3O4S2. The summed E-state index contributed by atoms with van der Waals surface area (Å²) >= 11 is 0. The number of nitrogens with two attached hydrogens (primary N) is 1. The summed E-state index contributed by atoms with van der Waals surface area (Å²) in [5.41, 5.74) is 6.57. The first kappa shape index (κ1) is 17.7. The SMILES string of the molecule is CCS(=O)(=O)CCNc1ccc(S(=O)(=O)N(C)C)cc1N. The second kappa shape index (κ2) is 6.63. The van der Waals surface area contributed by atoms with Crippen molar-refractivity contribution in [1.29, 1.82) is 0 Å². The van der Waals surface area contributed by atoms with E-state index in [1.54, 1.807) is 6.92 Å². The molecule has 0 aliphatic rings. The first-order chi connectivity index (χ1) is 9.60. The maximum Gasteiger partial charge on any atom is 0.242 e. The van der Waals surface area contributed by atoms with Gasteiger partial charge in [-0.15, -0.1) is 0 Å². The minimum atomic E-state index is -3.53. The van der Waals surface area contributed by atoms with Gasteiger partial charge in [0.2, 0.25) is 10.0 Å². The molecule has 0 bridgehead atoms. The van der Waals surface area contributed by atoms with Crippen LogP contribution >= 0.6 is 0 Å². The Morgan fingerprint density at radius 3 is 2.29 bits per heavy atom. The van der Waals surface area contributed by atoms with Crippen LogP contribution in [0.2, 0.25) is 0 Å². The van der Waals surface area contributed by atoms with Crippen LogP contribution in [0.5, 0.6) is 0 Å². The van der Waals surface area contributed by atoms with Gasteiger partial charge in [0.25, 0.3) is 0 Å². The van der Waals surface area contributed by atoms with Crippen LogP contribution in [0, 0.1) is 0 Å². The molecular weight excluding hydrogens is 314 g/mol. The van der Waals surface area contributed by atoms with Crippen LogP contribution in [0.1, 0.15) is 6.92 Å². The van der Waals surface area contributed by atoms with Crippen molar-refractivity contribution in [2.45, 2.75) is 11.8 Å². The standard InChI is InChI=1S/C12H21N3O4S2/c1-4-20(16,17)8-7-14-12-6-5-10(9-11(12)13)21(18,19)15(2)3/h5-6,9,14H,4,7-8,13H2,1-3H3. The summed E-state index contributed by atoms with van der Waals surface area (Å²) in [7, 11) is -3.71. The van der Waals surface area contributed by atoms with Gasteiger partial charge in [0.15, 0.2) is 9.84 Å². The minimum absolute atomic E-state index is 0.000682. The Morgan fingerprint density at radius 1 is 1.19 bits per heavy atom. The number of sulfonamides is 1. The molecule has 0 aromatic heterocycles. The fraction of sp³-hybridized carbons (Fsp3) is 0.500. The van der Waals surface area contributed by atoms with E-state index in [9.17, 15) is 16.8 Å². The summed E-state index contributed by atoms with van der Waals surface area (Å²) in [4.78, 5) is 0.0942. The monoisotopic (exact) mass is 335 g/mol. The zero-order valence-corrected chi connectivity index (χ0v) is 14.0. The van der Waals surface area contributed by atoms with Crippen molar-refractivity contribution in [1.82, 2.24) is 4.31 Å². The van der Waals surface area contributed by atoms with Crippen molar-refractivity contribution in [3.8, 4) is 0 Å². The van der Waals surface area contributed by atoms with Crippen LogP contribution in [0.3, 0.4) is 0 Å². The maximum atomic E-state index is 12.0. The van der Waals surface area contributed by atoms with Gasteiger partial charge in [-0.1, -0.05) is 6.92 Å². The lowest BCUT2D eigenvalue weighted by Gasteiger charge is -2.14. The first-order valence-electron chi connectivity index (χ1n) is 6.36. The van der Waals surface area contributed by atoms with Gasteiger partial charge < -0.3 is 11.1 Å². The van der Waals surface area contributed by atoms with E-state index in [-0.39, 0.29) is 28.6 Å². The van der Waals surface area contributed by atoms with Crippen molar-refractivity contribution in [2.75, 3.05) is 43.2 Å². The van der Waals surface area contributed by atoms with Crippen LogP contribution in [0.15, 0.2) is 23.1 Å². The molecule has 0 amide bonds. The molecule has 0 unspecified atom stereocenters. The third-order valence-corrected chi connectivity index (χ3v) is 6.49. The highest BCUT2D eigenvalue weighted by Gasteiger charge is 2.18. The number of nitrogens with one attached hydrogen (secondary N) is 1. The summed E-state index contributed by atoms with van der Waals surface area (Å²) in [5, 5.41) is 2.90. The van der Waals surface area contributed by atoms with Crippen LogP contribution < -0.4 is 11.1 Å². The summed E-state index contributed by atoms with van der Waals surface area (Å²) in [6.07, 6.45) is 0. The summed E-state index contributed by atoms with van der Waals surface area (Å²) < 4.78 is 47.8. The Labute approximate surface area is 126 Å². The van der Waals surface area contributed by atoms with Crippen LogP contribution in [-0.2, 0) is 19.9 Å². The molecule has 0 saturated carbocycles. The highest BCUT2D eigenvalue weighted by Crippen LogP contribution is 2.23. The van der Waals surface area contributed by atoms with E-state index in [2.05, 4.69) is 5.32 Å². The Morgan fingerprint density at radius 2 is 1.81 bits per heavy atom. The lowest BCUT2D eigenvalue weighted by atomic mass is 10.2. The van der Waals surface area contributed by atoms with Crippen LogP contribution in [-0.4, -0.2) is 53.3 Å². The molecule has 3 N–H and O–H groups in total. The molecule has 0 fully saturated rings. The van der Waals surface area contributed by atoms with E-state index in [1.807, 2.05) is 0 Å². The Kier molecular flexibility index (Phi) is 5.60. The molecule has 0 spiro atoms. The van der Waals surface area contributed by atoms with Crippen molar-refractivity contribution in [2.24, 2.45) is 0 Å². The van der Waals surface area contributed by atoms with E-state index in [0.717, 1.165) is 4.31 Å². The molecule has 0 atom stereocenters. The Balaban J connectivity index is 2.85. The number of nitrogen functional groups attached to an aromatic ring is 1. The topological polar surface area (TPSA) is 110 Å². The number of nitrogens with zero attached hydrogens (tertiary/aromatic N) is 1. The first-order valence-corrected chi connectivity index (χ1v) is 9.62. The quantitative estimate of drug-likeness (QED) is 0.697. The third-order valence-electron chi connectivity index (χ3n) is 2.97. The largest absolute Gasteiger partial charge is 0.397 e. The smallest absolute Gasteiger partial charge is 0.242 e. The van der Waals surface area contributed by atoms with E-state index in [0.29, 0.717) is 5.69 Å². The summed E-state index contributed by atoms with van der Waals surface area (Å²) in [6, 6.07) is 4.32. The predicted octanol–water partition coefficient (Wildman–Crippen LogP) is 0.366. The Hall–Kier alpha value is -1.32. The number of sulfone groups is 1. The second-order valence-corrected chi connectivity index (χ2v) is 9.32. The molecule has 0 radical (unpaired) electrons. The fourth-order valence-corrected chi connectivity index (χ4v) is 3.20. The average molecular weight is 335 g/mol. The van der Waals surface area contributed by atoms with Crippen molar-refractivity contribution in [3.05, 3.63) is 18.2 Å². The van der Waals surface area contributed by atoms with Crippen molar-refractivity contribution < 1.29 is 16.8 Å². The molecule has 9 heteroatoms. The molecule has 120 valence electrons. The molecule has 1 aromatic carbocycles. The van der Waals surface area contributed by atoms with Gasteiger partial charge >= 0.3 is 0 Å². The molecule has 7 nitrogen and oxygen atoms in total. The third kappa shape index (κ3) is 4.58. The summed E-state index contributed by atoms with van der Waals surface area (Å²) in [6.45, 7) is 1.81. The average Bonchev–Trinajstić information content (AvgIpc) is 2.40. The maximum absolute atomic E-state index is 12.0. The number of benzene rings is 1.